The van der Waals surface area contributed by atoms with E-state index in [0.717, 1.165) is 5.69 Å². The number of methoxy groups -OCH3 is 1. The van der Waals surface area contributed by atoms with Gasteiger partial charge in [-0.15, -0.1) is 5.10 Å². The molecule has 0 aliphatic carbocycles. The number of nitrogens with zero attached hydrogens (tertiary/aromatic N) is 4. The van der Waals surface area contributed by atoms with E-state index in [1.165, 1.54) is 23.6 Å². The lowest BCUT2D eigenvalue weighted by Crippen LogP contribution is -2.15. The number of aromatic nitrogens is 4. The minimum atomic E-state index is -0.235. The van der Waals surface area contributed by atoms with Crippen LogP contribution in [0.4, 0.5) is 5.69 Å². The summed E-state index contributed by atoms with van der Waals surface area (Å²) < 4.78 is 6.75. The Bertz CT molecular complexity index is 917. The van der Waals surface area contributed by atoms with E-state index in [4.69, 9.17) is 27.9 Å². The molecule has 1 heterocycles. The molecule has 1 N–H and O–H groups in total. The predicted molar refractivity (Wildman–Crippen MR) is 102 cm³/mol. The number of anilines is 1. The van der Waals surface area contributed by atoms with Crippen LogP contribution in [0.2, 0.25) is 10.0 Å². The lowest BCUT2D eigenvalue weighted by Gasteiger charge is -2.10. The lowest BCUT2D eigenvalue weighted by atomic mass is 10.3. The molecule has 2 aromatic carbocycles. The van der Waals surface area contributed by atoms with Gasteiger partial charge in [0, 0.05) is 10.0 Å². The summed E-state index contributed by atoms with van der Waals surface area (Å²) in [7, 11) is 1.52. The number of nitrogens with one attached hydrogen (secondary N) is 1. The van der Waals surface area contributed by atoms with Crippen molar-refractivity contribution in [3.8, 4) is 11.4 Å². The third-order valence-corrected chi connectivity index (χ3v) is 4.69. The van der Waals surface area contributed by atoms with Gasteiger partial charge in [0.15, 0.2) is 0 Å². The van der Waals surface area contributed by atoms with E-state index in [0.29, 0.717) is 26.6 Å². The SMILES string of the molecule is COc1ccc(Cl)cc1NC(=O)CSc1nnnn1-c1ccc(Cl)cc1. The van der Waals surface area contributed by atoms with Gasteiger partial charge in [-0.1, -0.05) is 35.0 Å². The Hall–Kier alpha value is -2.29. The van der Waals surface area contributed by atoms with Crippen LogP contribution in [0, 0.1) is 0 Å². The van der Waals surface area contributed by atoms with Gasteiger partial charge in [-0.05, 0) is 52.9 Å². The van der Waals surface area contributed by atoms with Gasteiger partial charge in [-0.3, -0.25) is 4.79 Å². The molecule has 134 valence electrons. The average molecular weight is 410 g/mol. The minimum Gasteiger partial charge on any atom is -0.495 e. The van der Waals surface area contributed by atoms with Crippen molar-refractivity contribution in [2.24, 2.45) is 0 Å². The minimum absolute atomic E-state index is 0.115. The van der Waals surface area contributed by atoms with Gasteiger partial charge in [-0.2, -0.15) is 4.68 Å². The highest BCUT2D eigenvalue weighted by atomic mass is 35.5. The highest BCUT2D eigenvalue weighted by molar-refractivity contribution is 7.99. The Morgan fingerprint density at radius 3 is 2.65 bits per heavy atom. The number of hydrogen-bond donors (Lipinski definition) is 1. The molecule has 26 heavy (non-hydrogen) atoms. The Morgan fingerprint density at radius 1 is 1.19 bits per heavy atom. The summed E-state index contributed by atoms with van der Waals surface area (Å²) >= 11 is 13.1. The maximum atomic E-state index is 12.3. The van der Waals surface area contributed by atoms with Gasteiger partial charge in [0.1, 0.15) is 5.75 Å². The van der Waals surface area contributed by atoms with Gasteiger partial charge in [0.05, 0.1) is 24.2 Å². The van der Waals surface area contributed by atoms with E-state index in [9.17, 15) is 4.79 Å². The highest BCUT2D eigenvalue weighted by Crippen LogP contribution is 2.28. The molecular formula is C16H13Cl2N5O2S. The molecule has 0 aliphatic heterocycles. The first kappa shape index (κ1) is 18.5. The van der Waals surface area contributed by atoms with E-state index in [1.54, 1.807) is 42.5 Å². The van der Waals surface area contributed by atoms with E-state index < -0.39 is 0 Å². The van der Waals surface area contributed by atoms with Gasteiger partial charge in [-0.25, -0.2) is 0 Å². The van der Waals surface area contributed by atoms with Crippen molar-refractivity contribution in [2.75, 3.05) is 18.2 Å². The number of ether oxygens (including phenoxy) is 1. The van der Waals surface area contributed by atoms with Gasteiger partial charge >= 0.3 is 0 Å². The molecule has 3 aromatic rings. The summed E-state index contributed by atoms with van der Waals surface area (Å²) in [5, 5.41) is 15.9. The Morgan fingerprint density at radius 2 is 1.92 bits per heavy atom. The fourth-order valence-corrected chi connectivity index (χ4v) is 3.10. The summed E-state index contributed by atoms with van der Waals surface area (Å²) in [4.78, 5) is 12.3. The van der Waals surface area contributed by atoms with Crippen LogP contribution in [0.15, 0.2) is 47.6 Å². The molecule has 0 aliphatic rings. The van der Waals surface area contributed by atoms with Gasteiger partial charge < -0.3 is 10.1 Å². The zero-order valence-corrected chi connectivity index (χ0v) is 15.8. The smallest absolute Gasteiger partial charge is 0.234 e. The lowest BCUT2D eigenvalue weighted by molar-refractivity contribution is -0.113. The second kappa shape index (κ2) is 8.39. The van der Waals surface area contributed by atoms with Crippen LogP contribution in [-0.4, -0.2) is 39.0 Å². The summed E-state index contributed by atoms with van der Waals surface area (Å²) in [5.41, 5.74) is 1.25. The maximum Gasteiger partial charge on any atom is 0.234 e. The third kappa shape index (κ3) is 4.46. The number of amides is 1. The predicted octanol–water partition coefficient (Wildman–Crippen LogP) is 3.71. The van der Waals surface area contributed by atoms with E-state index in [2.05, 4.69) is 20.8 Å². The Labute approximate surface area is 163 Å². The van der Waals surface area contributed by atoms with Crippen molar-refractivity contribution in [1.82, 2.24) is 20.2 Å². The second-order valence-electron chi connectivity index (χ2n) is 5.03. The maximum absolute atomic E-state index is 12.3. The van der Waals surface area contributed by atoms with Gasteiger partial charge in [0.2, 0.25) is 11.1 Å². The van der Waals surface area contributed by atoms with Crippen LogP contribution in [-0.2, 0) is 4.79 Å². The molecule has 3 rings (SSSR count). The second-order valence-corrected chi connectivity index (χ2v) is 6.85. The molecular weight excluding hydrogens is 397 g/mol. The quantitative estimate of drug-likeness (QED) is 0.624. The van der Waals surface area contributed by atoms with Crippen molar-refractivity contribution in [3.63, 3.8) is 0 Å². The molecule has 0 bridgehead atoms. The molecule has 0 saturated heterocycles. The number of hydrogen-bond acceptors (Lipinski definition) is 6. The number of carbonyl (C=O) groups excluding carboxylic acids is 1. The standard InChI is InChI=1S/C16H13Cl2N5O2S/c1-25-14-7-4-11(18)8-13(14)19-15(24)9-26-16-20-21-22-23(16)12-5-2-10(17)3-6-12/h2-8H,9H2,1H3,(H,19,24). The number of carbonyl (C=O) groups is 1. The third-order valence-electron chi connectivity index (χ3n) is 3.28. The van der Waals surface area contributed by atoms with Crippen molar-refractivity contribution in [1.29, 1.82) is 0 Å². The number of tetrazole rings is 1. The van der Waals surface area contributed by atoms with Gasteiger partial charge in [0.25, 0.3) is 0 Å². The first-order chi connectivity index (χ1) is 12.6. The molecule has 0 saturated carbocycles. The number of thioether (sulfide) groups is 1. The molecule has 10 heteroatoms. The topological polar surface area (TPSA) is 81.9 Å². The van der Waals surface area contributed by atoms with E-state index in [-0.39, 0.29) is 11.7 Å². The number of rotatable bonds is 6. The molecule has 0 fully saturated rings. The number of halogens is 2. The molecule has 7 nitrogen and oxygen atoms in total. The first-order valence-electron chi connectivity index (χ1n) is 7.37. The monoisotopic (exact) mass is 409 g/mol. The van der Waals surface area contributed by atoms with Crippen molar-refractivity contribution in [3.05, 3.63) is 52.5 Å². The highest BCUT2D eigenvalue weighted by Gasteiger charge is 2.13. The summed E-state index contributed by atoms with van der Waals surface area (Å²) in [6.07, 6.45) is 0. The Balaban J connectivity index is 1.67. The molecule has 0 spiro atoms. The molecule has 0 atom stereocenters. The normalized spacial score (nSPS) is 10.6. The average Bonchev–Trinajstić information content (AvgIpc) is 3.09. The van der Waals surface area contributed by atoms with Crippen LogP contribution >= 0.6 is 35.0 Å². The molecule has 0 radical (unpaired) electrons. The zero-order chi connectivity index (χ0) is 18.5. The number of benzene rings is 2. The molecule has 0 unspecified atom stereocenters. The fraction of sp³-hybridized carbons (Fsp3) is 0.125. The van der Waals surface area contributed by atoms with Crippen LogP contribution in [0.1, 0.15) is 0 Å². The summed E-state index contributed by atoms with van der Waals surface area (Å²) in [6.45, 7) is 0. The van der Waals surface area contributed by atoms with E-state index in [1.807, 2.05) is 0 Å². The summed E-state index contributed by atoms with van der Waals surface area (Å²) in [6, 6.07) is 12.1. The Kier molecular flexibility index (Phi) is 5.97. The van der Waals surface area contributed by atoms with Crippen molar-refractivity contribution in [2.45, 2.75) is 5.16 Å². The molecule has 1 amide bonds. The van der Waals surface area contributed by atoms with Crippen LogP contribution < -0.4 is 10.1 Å². The largest absolute Gasteiger partial charge is 0.495 e. The van der Waals surface area contributed by atoms with Crippen LogP contribution in [0.5, 0.6) is 5.75 Å². The van der Waals surface area contributed by atoms with Crippen molar-refractivity contribution >= 4 is 46.6 Å². The summed E-state index contributed by atoms with van der Waals surface area (Å²) in [5.74, 6) is 0.406. The zero-order valence-electron chi connectivity index (χ0n) is 13.5. The molecule has 1 aromatic heterocycles. The van der Waals surface area contributed by atoms with Crippen molar-refractivity contribution < 1.29 is 9.53 Å². The fourth-order valence-electron chi connectivity index (χ4n) is 2.11. The van der Waals surface area contributed by atoms with Crippen LogP contribution in [0.3, 0.4) is 0 Å². The van der Waals surface area contributed by atoms with E-state index >= 15 is 0 Å². The first-order valence-corrected chi connectivity index (χ1v) is 9.11. The van der Waals surface area contributed by atoms with Crippen LogP contribution in [0.25, 0.3) is 5.69 Å².